The Labute approximate surface area is 193 Å². The van der Waals surface area contributed by atoms with Gasteiger partial charge in [-0.2, -0.15) is 0 Å². The lowest BCUT2D eigenvalue weighted by atomic mass is 10.1. The summed E-state index contributed by atoms with van der Waals surface area (Å²) in [6.45, 7) is 2.98. The smallest absolute Gasteiger partial charge is 0.253 e. The van der Waals surface area contributed by atoms with Crippen LogP contribution in [0, 0.1) is 0 Å². The lowest BCUT2D eigenvalue weighted by Crippen LogP contribution is -2.31. The number of ether oxygens (including phenoxy) is 1. The molecular formula is C25H30N4O4. The maximum atomic E-state index is 12.4. The topological polar surface area (TPSA) is 99.8 Å². The van der Waals surface area contributed by atoms with Gasteiger partial charge in [-0.1, -0.05) is 0 Å². The minimum absolute atomic E-state index is 0.0380. The van der Waals surface area contributed by atoms with Crippen LogP contribution in [-0.2, 0) is 9.53 Å². The third-order valence-electron chi connectivity index (χ3n) is 5.92. The van der Waals surface area contributed by atoms with Crippen LogP contribution in [0.3, 0.4) is 0 Å². The van der Waals surface area contributed by atoms with Gasteiger partial charge in [-0.25, -0.2) is 0 Å². The van der Waals surface area contributed by atoms with Gasteiger partial charge in [-0.3, -0.25) is 14.4 Å². The second kappa shape index (κ2) is 11.0. The largest absolute Gasteiger partial charge is 0.376 e. The molecule has 0 aromatic heterocycles. The number of hydrogen-bond donors (Lipinski definition) is 3. The van der Waals surface area contributed by atoms with Crippen LogP contribution >= 0.6 is 0 Å². The Morgan fingerprint density at radius 3 is 2.21 bits per heavy atom. The molecule has 0 aliphatic carbocycles. The maximum absolute atomic E-state index is 12.4. The summed E-state index contributed by atoms with van der Waals surface area (Å²) in [5.74, 6) is -0.301. The van der Waals surface area contributed by atoms with E-state index in [0.717, 1.165) is 51.1 Å². The van der Waals surface area contributed by atoms with E-state index in [2.05, 4.69) is 16.0 Å². The molecule has 3 N–H and O–H groups in total. The van der Waals surface area contributed by atoms with Crippen LogP contribution in [0.4, 0.5) is 11.4 Å². The van der Waals surface area contributed by atoms with Crippen molar-refractivity contribution in [3.63, 3.8) is 0 Å². The van der Waals surface area contributed by atoms with Crippen molar-refractivity contribution >= 4 is 29.1 Å². The Bertz CT molecular complexity index is 963. The van der Waals surface area contributed by atoms with Gasteiger partial charge < -0.3 is 25.6 Å². The molecule has 2 heterocycles. The maximum Gasteiger partial charge on any atom is 0.253 e. The van der Waals surface area contributed by atoms with Gasteiger partial charge in [0.05, 0.1) is 12.6 Å². The standard InChI is InChI=1S/C25H30N4O4/c30-23(28-21-11-7-19(8-12-21)25(32)29-13-1-2-14-29)17-26-20-9-5-18(6-10-20)24(31)27-16-22-4-3-15-33-22/h5-12,22,26H,1-4,13-17H2,(H,27,31)(H,28,30). The number of amides is 3. The molecule has 0 radical (unpaired) electrons. The summed E-state index contributed by atoms with van der Waals surface area (Å²) in [6, 6.07) is 14.0. The van der Waals surface area contributed by atoms with Crippen LogP contribution in [0.15, 0.2) is 48.5 Å². The van der Waals surface area contributed by atoms with Gasteiger partial charge in [0, 0.05) is 48.7 Å². The van der Waals surface area contributed by atoms with E-state index in [1.165, 1.54) is 0 Å². The number of rotatable bonds is 8. The van der Waals surface area contributed by atoms with E-state index in [-0.39, 0.29) is 30.4 Å². The van der Waals surface area contributed by atoms with E-state index in [9.17, 15) is 14.4 Å². The molecule has 0 saturated carbocycles. The monoisotopic (exact) mass is 450 g/mol. The number of benzene rings is 2. The second-order valence-electron chi connectivity index (χ2n) is 8.40. The average molecular weight is 451 g/mol. The second-order valence-corrected chi connectivity index (χ2v) is 8.40. The first-order valence-corrected chi connectivity index (χ1v) is 11.5. The molecule has 2 aromatic rings. The first kappa shape index (κ1) is 22.8. The van der Waals surface area contributed by atoms with E-state index in [1.807, 2.05) is 4.90 Å². The molecule has 8 nitrogen and oxygen atoms in total. The molecular weight excluding hydrogens is 420 g/mol. The molecule has 2 aromatic carbocycles. The van der Waals surface area contributed by atoms with E-state index < -0.39 is 0 Å². The minimum Gasteiger partial charge on any atom is -0.376 e. The Balaban J connectivity index is 1.20. The molecule has 2 saturated heterocycles. The third kappa shape index (κ3) is 6.32. The lowest BCUT2D eigenvalue weighted by Gasteiger charge is -2.15. The fourth-order valence-electron chi connectivity index (χ4n) is 4.04. The van der Waals surface area contributed by atoms with Crippen molar-refractivity contribution in [3.05, 3.63) is 59.7 Å². The number of nitrogens with one attached hydrogen (secondary N) is 3. The number of nitrogens with zero attached hydrogens (tertiary/aromatic N) is 1. The third-order valence-corrected chi connectivity index (χ3v) is 5.92. The van der Waals surface area contributed by atoms with Crippen LogP contribution in [0.25, 0.3) is 0 Å². The first-order chi connectivity index (χ1) is 16.1. The number of carbonyl (C=O) groups is 3. The number of hydrogen-bond acceptors (Lipinski definition) is 5. The van der Waals surface area contributed by atoms with Crippen molar-refractivity contribution in [2.24, 2.45) is 0 Å². The molecule has 2 aliphatic rings. The molecule has 1 unspecified atom stereocenters. The minimum atomic E-state index is -0.202. The van der Waals surface area contributed by atoms with E-state index >= 15 is 0 Å². The summed E-state index contributed by atoms with van der Waals surface area (Å²) in [7, 11) is 0. The molecule has 2 fully saturated rings. The molecule has 0 bridgehead atoms. The van der Waals surface area contributed by atoms with Gasteiger partial charge in [0.25, 0.3) is 11.8 Å². The molecule has 8 heteroatoms. The molecule has 2 aliphatic heterocycles. The number of carbonyl (C=O) groups excluding carboxylic acids is 3. The fourth-order valence-corrected chi connectivity index (χ4v) is 4.04. The van der Waals surface area contributed by atoms with Crippen LogP contribution in [-0.4, -0.2) is 61.5 Å². The van der Waals surface area contributed by atoms with Crippen molar-refractivity contribution in [2.75, 3.05) is 43.4 Å². The van der Waals surface area contributed by atoms with E-state index in [1.54, 1.807) is 48.5 Å². The predicted molar refractivity (Wildman–Crippen MR) is 126 cm³/mol. The summed E-state index contributed by atoms with van der Waals surface area (Å²) in [5, 5.41) is 8.76. The molecule has 3 amide bonds. The van der Waals surface area contributed by atoms with Gasteiger partial charge >= 0.3 is 0 Å². The zero-order chi connectivity index (χ0) is 23.0. The van der Waals surface area contributed by atoms with Crippen molar-refractivity contribution < 1.29 is 19.1 Å². The fraction of sp³-hybridized carbons (Fsp3) is 0.400. The van der Waals surface area contributed by atoms with Crippen LogP contribution in [0.1, 0.15) is 46.4 Å². The zero-order valence-corrected chi connectivity index (χ0v) is 18.6. The molecule has 33 heavy (non-hydrogen) atoms. The Morgan fingerprint density at radius 2 is 1.55 bits per heavy atom. The van der Waals surface area contributed by atoms with Crippen molar-refractivity contribution in [3.8, 4) is 0 Å². The Kier molecular flexibility index (Phi) is 7.57. The highest BCUT2D eigenvalue weighted by Crippen LogP contribution is 2.16. The number of anilines is 2. The first-order valence-electron chi connectivity index (χ1n) is 11.5. The van der Waals surface area contributed by atoms with Gasteiger partial charge in [-0.05, 0) is 74.2 Å². The van der Waals surface area contributed by atoms with Crippen molar-refractivity contribution in [2.45, 2.75) is 31.8 Å². The highest BCUT2D eigenvalue weighted by atomic mass is 16.5. The zero-order valence-electron chi connectivity index (χ0n) is 18.6. The number of likely N-dealkylation sites (tertiary alicyclic amines) is 1. The SMILES string of the molecule is O=C(CNc1ccc(C(=O)NCC2CCCO2)cc1)Nc1ccc(C(=O)N2CCCC2)cc1. The highest BCUT2D eigenvalue weighted by molar-refractivity contribution is 5.97. The van der Waals surface area contributed by atoms with Crippen molar-refractivity contribution in [1.82, 2.24) is 10.2 Å². The Morgan fingerprint density at radius 1 is 0.879 bits per heavy atom. The van der Waals surface area contributed by atoms with Crippen molar-refractivity contribution in [1.29, 1.82) is 0 Å². The van der Waals surface area contributed by atoms with Crippen LogP contribution < -0.4 is 16.0 Å². The molecule has 0 spiro atoms. The molecule has 4 rings (SSSR count). The molecule has 1 atom stereocenters. The summed E-state index contributed by atoms with van der Waals surface area (Å²) in [6.07, 6.45) is 4.23. The normalized spacial score (nSPS) is 17.6. The van der Waals surface area contributed by atoms with Gasteiger partial charge in [-0.15, -0.1) is 0 Å². The van der Waals surface area contributed by atoms with Gasteiger partial charge in [0.1, 0.15) is 0 Å². The quantitative estimate of drug-likeness (QED) is 0.574. The van der Waals surface area contributed by atoms with E-state index in [0.29, 0.717) is 23.4 Å². The predicted octanol–water partition coefficient (Wildman–Crippen LogP) is 2.88. The molecule has 174 valence electrons. The average Bonchev–Trinajstić information content (AvgIpc) is 3.56. The summed E-state index contributed by atoms with van der Waals surface area (Å²) in [4.78, 5) is 38.8. The summed E-state index contributed by atoms with van der Waals surface area (Å²) < 4.78 is 5.51. The van der Waals surface area contributed by atoms with Crippen LogP contribution in [0.5, 0.6) is 0 Å². The van der Waals surface area contributed by atoms with Gasteiger partial charge in [0.2, 0.25) is 5.91 Å². The Hall–Kier alpha value is -3.39. The van der Waals surface area contributed by atoms with E-state index in [4.69, 9.17) is 4.74 Å². The van der Waals surface area contributed by atoms with Gasteiger partial charge in [0.15, 0.2) is 0 Å². The highest BCUT2D eigenvalue weighted by Gasteiger charge is 2.19. The lowest BCUT2D eigenvalue weighted by molar-refractivity contribution is -0.114. The summed E-state index contributed by atoms with van der Waals surface area (Å²) in [5.41, 5.74) is 2.57. The summed E-state index contributed by atoms with van der Waals surface area (Å²) >= 11 is 0. The van der Waals surface area contributed by atoms with Crippen LogP contribution in [0.2, 0.25) is 0 Å².